The molecule has 5 nitrogen and oxygen atoms in total. The number of sulfonamides is 1. The zero-order chi connectivity index (χ0) is 9.31. The van der Waals surface area contributed by atoms with Crippen LogP contribution in [-0.2, 0) is 10.0 Å². The van der Waals surface area contributed by atoms with Gasteiger partial charge in [-0.05, 0) is 18.9 Å². The van der Waals surface area contributed by atoms with Crippen molar-refractivity contribution in [3.63, 3.8) is 0 Å². The Kier molecular flexibility index (Phi) is 2.09. The molecule has 0 saturated carbocycles. The van der Waals surface area contributed by atoms with E-state index in [1.54, 1.807) is 0 Å². The highest BCUT2D eigenvalue weighted by atomic mass is 32.2. The minimum absolute atomic E-state index is 0.189. The summed E-state index contributed by atoms with van der Waals surface area (Å²) in [5.41, 5.74) is 0. The molecule has 0 aliphatic carbocycles. The third kappa shape index (κ3) is 1.47. The molecule has 1 aromatic rings. The SMILES string of the molecule is O=S(=O)(c1ccn[nH]1)N1CCCC1. The molecule has 1 fully saturated rings. The number of aromatic amines is 1. The van der Waals surface area contributed by atoms with Crippen molar-refractivity contribution in [2.45, 2.75) is 17.9 Å². The van der Waals surface area contributed by atoms with Crippen LogP contribution in [0.5, 0.6) is 0 Å². The summed E-state index contributed by atoms with van der Waals surface area (Å²) < 4.78 is 25.0. The molecular weight excluding hydrogens is 190 g/mol. The average molecular weight is 201 g/mol. The summed E-state index contributed by atoms with van der Waals surface area (Å²) in [7, 11) is -3.28. The number of hydrogen-bond acceptors (Lipinski definition) is 3. The van der Waals surface area contributed by atoms with Gasteiger partial charge in [-0.25, -0.2) is 8.42 Å². The number of rotatable bonds is 2. The first kappa shape index (κ1) is 8.71. The van der Waals surface area contributed by atoms with Crippen molar-refractivity contribution in [1.82, 2.24) is 14.5 Å². The summed E-state index contributed by atoms with van der Waals surface area (Å²) >= 11 is 0. The van der Waals surface area contributed by atoms with E-state index in [0.717, 1.165) is 12.8 Å². The summed E-state index contributed by atoms with van der Waals surface area (Å²) in [6.45, 7) is 1.25. The molecule has 0 spiro atoms. The number of nitrogens with one attached hydrogen (secondary N) is 1. The molecule has 0 aromatic carbocycles. The number of aromatic nitrogens is 2. The molecule has 72 valence electrons. The molecule has 0 bridgehead atoms. The third-order valence-corrected chi connectivity index (χ3v) is 3.99. The normalized spacial score (nSPS) is 19.4. The van der Waals surface area contributed by atoms with Crippen molar-refractivity contribution in [2.75, 3.05) is 13.1 Å². The summed E-state index contributed by atoms with van der Waals surface area (Å²) in [5, 5.41) is 6.29. The Hall–Kier alpha value is -0.880. The molecule has 13 heavy (non-hydrogen) atoms. The van der Waals surface area contributed by atoms with Gasteiger partial charge in [0.1, 0.15) is 0 Å². The van der Waals surface area contributed by atoms with E-state index in [1.165, 1.54) is 16.6 Å². The van der Waals surface area contributed by atoms with Gasteiger partial charge in [0.15, 0.2) is 5.03 Å². The molecule has 1 N–H and O–H groups in total. The molecular formula is C7H11N3O2S. The Balaban J connectivity index is 2.30. The summed E-state index contributed by atoms with van der Waals surface area (Å²) in [5.74, 6) is 0. The van der Waals surface area contributed by atoms with E-state index in [2.05, 4.69) is 10.2 Å². The van der Waals surface area contributed by atoms with Crippen LogP contribution in [0.2, 0.25) is 0 Å². The second-order valence-corrected chi connectivity index (χ2v) is 4.94. The zero-order valence-corrected chi connectivity index (χ0v) is 7.92. The van der Waals surface area contributed by atoms with Crippen molar-refractivity contribution in [2.24, 2.45) is 0 Å². The molecule has 0 unspecified atom stereocenters. The summed E-state index contributed by atoms with van der Waals surface area (Å²) in [4.78, 5) is 0. The Bertz CT molecular complexity index is 364. The van der Waals surface area contributed by atoms with Gasteiger partial charge in [0.2, 0.25) is 0 Å². The minimum atomic E-state index is -3.28. The van der Waals surface area contributed by atoms with Crippen LogP contribution in [-0.4, -0.2) is 36.0 Å². The van der Waals surface area contributed by atoms with Crippen LogP contribution >= 0.6 is 0 Å². The Morgan fingerprint density at radius 1 is 1.38 bits per heavy atom. The maximum absolute atomic E-state index is 11.8. The Morgan fingerprint density at radius 3 is 2.62 bits per heavy atom. The highest BCUT2D eigenvalue weighted by molar-refractivity contribution is 7.89. The van der Waals surface area contributed by atoms with Crippen molar-refractivity contribution in [1.29, 1.82) is 0 Å². The van der Waals surface area contributed by atoms with Crippen LogP contribution in [0.25, 0.3) is 0 Å². The van der Waals surface area contributed by atoms with E-state index in [-0.39, 0.29) is 5.03 Å². The first-order chi connectivity index (χ1) is 6.21. The Labute approximate surface area is 76.8 Å². The first-order valence-corrected chi connectivity index (χ1v) is 5.65. The topological polar surface area (TPSA) is 66.1 Å². The van der Waals surface area contributed by atoms with E-state index >= 15 is 0 Å². The van der Waals surface area contributed by atoms with E-state index in [4.69, 9.17) is 0 Å². The lowest BCUT2D eigenvalue weighted by Crippen LogP contribution is -2.28. The molecule has 1 aliphatic rings. The standard InChI is InChI=1S/C7H11N3O2S/c11-13(12,7-3-4-8-9-7)10-5-1-2-6-10/h3-4H,1-2,5-6H2,(H,8,9). The third-order valence-electron chi connectivity index (χ3n) is 2.16. The van der Waals surface area contributed by atoms with Crippen molar-refractivity contribution >= 4 is 10.0 Å². The van der Waals surface area contributed by atoms with Crippen LogP contribution in [0.15, 0.2) is 17.3 Å². The van der Waals surface area contributed by atoms with Crippen molar-refractivity contribution < 1.29 is 8.42 Å². The lowest BCUT2D eigenvalue weighted by Gasteiger charge is -2.12. The van der Waals surface area contributed by atoms with E-state index in [9.17, 15) is 8.42 Å². The highest BCUT2D eigenvalue weighted by Gasteiger charge is 2.27. The molecule has 0 amide bonds. The van der Waals surface area contributed by atoms with Gasteiger partial charge in [-0.1, -0.05) is 0 Å². The van der Waals surface area contributed by atoms with Crippen LogP contribution in [0.1, 0.15) is 12.8 Å². The van der Waals surface area contributed by atoms with Gasteiger partial charge >= 0.3 is 0 Å². The molecule has 0 atom stereocenters. The number of H-pyrrole nitrogens is 1. The molecule has 2 rings (SSSR count). The van der Waals surface area contributed by atoms with Gasteiger partial charge in [-0.3, -0.25) is 5.10 Å². The molecule has 1 aromatic heterocycles. The highest BCUT2D eigenvalue weighted by Crippen LogP contribution is 2.18. The fourth-order valence-corrected chi connectivity index (χ4v) is 2.87. The fourth-order valence-electron chi connectivity index (χ4n) is 1.45. The van der Waals surface area contributed by atoms with Crippen LogP contribution in [0.4, 0.5) is 0 Å². The average Bonchev–Trinajstić information content (AvgIpc) is 2.78. The van der Waals surface area contributed by atoms with Gasteiger partial charge in [0.25, 0.3) is 10.0 Å². The summed E-state index contributed by atoms with van der Waals surface area (Å²) in [6.07, 6.45) is 3.35. The molecule has 0 radical (unpaired) electrons. The number of nitrogens with zero attached hydrogens (tertiary/aromatic N) is 2. The van der Waals surface area contributed by atoms with Gasteiger partial charge < -0.3 is 0 Å². The monoisotopic (exact) mass is 201 g/mol. The number of hydrogen-bond donors (Lipinski definition) is 1. The minimum Gasteiger partial charge on any atom is -0.266 e. The van der Waals surface area contributed by atoms with E-state index in [1.807, 2.05) is 0 Å². The lowest BCUT2D eigenvalue weighted by molar-refractivity contribution is 0.474. The predicted octanol–water partition coefficient (Wildman–Crippen LogP) is 0.194. The smallest absolute Gasteiger partial charge is 0.259 e. The molecule has 1 aliphatic heterocycles. The van der Waals surface area contributed by atoms with Gasteiger partial charge in [0.05, 0.1) is 6.20 Å². The van der Waals surface area contributed by atoms with Gasteiger partial charge in [-0.15, -0.1) is 0 Å². The van der Waals surface area contributed by atoms with Crippen LogP contribution in [0, 0.1) is 0 Å². The van der Waals surface area contributed by atoms with E-state index < -0.39 is 10.0 Å². The predicted molar refractivity (Wildman–Crippen MR) is 46.6 cm³/mol. The van der Waals surface area contributed by atoms with E-state index in [0.29, 0.717) is 13.1 Å². The summed E-state index contributed by atoms with van der Waals surface area (Å²) in [6, 6.07) is 1.48. The quantitative estimate of drug-likeness (QED) is 0.743. The van der Waals surface area contributed by atoms with Crippen molar-refractivity contribution in [3.05, 3.63) is 12.3 Å². The first-order valence-electron chi connectivity index (χ1n) is 4.21. The maximum atomic E-state index is 11.8. The molecule has 2 heterocycles. The van der Waals surface area contributed by atoms with Crippen LogP contribution < -0.4 is 0 Å². The van der Waals surface area contributed by atoms with Crippen LogP contribution in [0.3, 0.4) is 0 Å². The maximum Gasteiger partial charge on any atom is 0.259 e. The molecule has 6 heteroatoms. The van der Waals surface area contributed by atoms with Gasteiger partial charge in [-0.2, -0.15) is 9.40 Å². The Morgan fingerprint density at radius 2 is 2.08 bits per heavy atom. The van der Waals surface area contributed by atoms with Crippen molar-refractivity contribution in [3.8, 4) is 0 Å². The lowest BCUT2D eigenvalue weighted by atomic mass is 10.4. The fraction of sp³-hybridized carbons (Fsp3) is 0.571. The largest absolute Gasteiger partial charge is 0.266 e. The molecule has 1 saturated heterocycles. The second-order valence-electron chi connectivity index (χ2n) is 3.03. The van der Waals surface area contributed by atoms with Gasteiger partial charge in [0, 0.05) is 13.1 Å². The zero-order valence-electron chi connectivity index (χ0n) is 7.10. The second kappa shape index (κ2) is 3.12.